The summed E-state index contributed by atoms with van der Waals surface area (Å²) in [4.78, 5) is 0. The summed E-state index contributed by atoms with van der Waals surface area (Å²) in [5.41, 5.74) is 6.54. The summed E-state index contributed by atoms with van der Waals surface area (Å²) in [6.07, 6.45) is 1.25. The third-order valence-corrected chi connectivity index (χ3v) is 1.08. The molecule has 0 fully saturated rings. The summed E-state index contributed by atoms with van der Waals surface area (Å²) in [7, 11) is 0. The van der Waals surface area contributed by atoms with Crippen molar-refractivity contribution in [3.63, 3.8) is 0 Å². The molecule has 0 radical (unpaired) electrons. The second kappa shape index (κ2) is 10.1. The molecule has 0 aliphatic carbocycles. The van der Waals surface area contributed by atoms with E-state index in [-0.39, 0.29) is 6.15 Å². The molecule has 5 N–H and O–H groups in total. The van der Waals surface area contributed by atoms with Crippen LogP contribution in [0.2, 0.25) is 0 Å². The normalized spacial score (nSPS) is 7.58. The maximum absolute atomic E-state index is 5.35. The quantitative estimate of drug-likeness (QED) is 0.677. The van der Waals surface area contributed by atoms with Crippen molar-refractivity contribution in [1.29, 1.82) is 0 Å². The Bertz CT molecular complexity index is 161. The van der Waals surface area contributed by atoms with Gasteiger partial charge in [0.25, 0.3) is 0 Å². The van der Waals surface area contributed by atoms with Gasteiger partial charge in [-0.15, -0.1) is 0 Å². The third-order valence-electron chi connectivity index (χ3n) is 1.08. The van der Waals surface area contributed by atoms with Gasteiger partial charge in [-0.25, -0.2) is 0 Å². The Morgan fingerprint density at radius 2 is 1.50 bits per heavy atom. The molecule has 0 saturated heterocycles. The maximum Gasteiger partial charge on any atom is 0.0178 e. The van der Waals surface area contributed by atoms with Crippen LogP contribution in [-0.4, -0.2) is 0 Å². The molecule has 2 nitrogen and oxygen atoms in total. The van der Waals surface area contributed by atoms with E-state index in [0.717, 1.165) is 0 Å². The van der Waals surface area contributed by atoms with Crippen molar-refractivity contribution in [1.82, 2.24) is 6.15 Å². The van der Waals surface area contributed by atoms with Crippen molar-refractivity contribution < 1.29 is 0 Å². The number of nitrogens with two attached hydrogens (primary N) is 1. The summed E-state index contributed by atoms with van der Waals surface area (Å²) in [6, 6.07) is 9.99. The average Bonchev–Trinajstić information content (AvgIpc) is 2.08. The predicted octanol–water partition coefficient (Wildman–Crippen LogP) is 2.72. The molecule has 1 rings (SSSR count). The van der Waals surface area contributed by atoms with Crippen LogP contribution in [0.4, 0.5) is 0 Å². The van der Waals surface area contributed by atoms with E-state index in [1.807, 2.05) is 30.3 Å². The van der Waals surface area contributed by atoms with Gasteiger partial charge in [0.15, 0.2) is 0 Å². The fourth-order valence-corrected chi connectivity index (χ4v) is 0.614. The molecule has 0 aliphatic heterocycles. The lowest BCUT2D eigenvalue weighted by molar-refractivity contribution is 1.07. The Hall–Kier alpha value is -0.860. The van der Waals surface area contributed by atoms with E-state index >= 15 is 0 Å². The van der Waals surface area contributed by atoms with Crippen LogP contribution in [0.5, 0.6) is 0 Å². The molecule has 1 aromatic rings. The lowest BCUT2D eigenvalue weighted by Gasteiger charge is -1.90. The van der Waals surface area contributed by atoms with Crippen molar-refractivity contribution in [2.24, 2.45) is 5.73 Å². The smallest absolute Gasteiger partial charge is 0.0178 e. The summed E-state index contributed by atoms with van der Waals surface area (Å²) >= 11 is 0. The lowest BCUT2D eigenvalue weighted by atomic mass is 10.2. The van der Waals surface area contributed by atoms with E-state index in [9.17, 15) is 0 Å². The Kier molecular flexibility index (Phi) is 11.6. The minimum Gasteiger partial charge on any atom is -0.344 e. The Labute approximate surface area is 75.4 Å². The highest BCUT2D eigenvalue weighted by Crippen LogP contribution is 1.94. The van der Waals surface area contributed by atoms with Crippen LogP contribution < -0.4 is 11.9 Å². The van der Waals surface area contributed by atoms with E-state index in [1.165, 1.54) is 12.0 Å². The predicted molar refractivity (Wildman–Crippen MR) is 55.3 cm³/mol. The van der Waals surface area contributed by atoms with Crippen LogP contribution in [0.25, 0.3) is 0 Å². The van der Waals surface area contributed by atoms with Gasteiger partial charge in [-0.05, 0) is 5.56 Å². The van der Waals surface area contributed by atoms with Crippen LogP contribution >= 0.6 is 0 Å². The van der Waals surface area contributed by atoms with Gasteiger partial charge in [0, 0.05) is 6.54 Å². The van der Waals surface area contributed by atoms with E-state index in [4.69, 9.17) is 5.73 Å². The van der Waals surface area contributed by atoms with Crippen molar-refractivity contribution in [3.05, 3.63) is 35.9 Å². The summed E-state index contributed by atoms with van der Waals surface area (Å²) in [6.45, 7) is 4.89. The van der Waals surface area contributed by atoms with Crippen molar-refractivity contribution >= 4 is 0 Å². The molecule has 0 aliphatic rings. The number of rotatable bonds is 1. The molecule has 1 aromatic carbocycles. The van der Waals surface area contributed by atoms with Gasteiger partial charge in [0.2, 0.25) is 0 Å². The van der Waals surface area contributed by atoms with Gasteiger partial charge in [-0.2, -0.15) is 0 Å². The molecule has 2 heteroatoms. The molecule has 70 valence electrons. The van der Waals surface area contributed by atoms with E-state index in [0.29, 0.717) is 6.54 Å². The first-order valence-electron chi connectivity index (χ1n) is 4.09. The first-order chi connectivity index (χ1) is 5.35. The number of hydrogen-bond donors (Lipinski definition) is 2. The molecule has 0 unspecified atom stereocenters. The summed E-state index contributed by atoms with van der Waals surface area (Å²) < 4.78 is 0. The van der Waals surface area contributed by atoms with Crippen molar-refractivity contribution in [2.45, 2.75) is 26.8 Å². The van der Waals surface area contributed by atoms with Crippen LogP contribution in [0.3, 0.4) is 0 Å². The first-order valence-corrected chi connectivity index (χ1v) is 4.09. The van der Waals surface area contributed by atoms with Gasteiger partial charge in [0.05, 0.1) is 0 Å². The molecular formula is C10H20N2. The van der Waals surface area contributed by atoms with Crippen LogP contribution in [0.1, 0.15) is 25.8 Å². The molecular weight excluding hydrogens is 148 g/mol. The minimum absolute atomic E-state index is 0. The Morgan fingerprint density at radius 1 is 1.08 bits per heavy atom. The molecule has 0 heterocycles. The maximum atomic E-state index is 5.35. The highest BCUT2D eigenvalue weighted by atomic mass is 14.5. The highest BCUT2D eigenvalue weighted by Gasteiger charge is 1.80. The zero-order valence-corrected chi connectivity index (χ0v) is 8.09. The van der Waals surface area contributed by atoms with E-state index in [2.05, 4.69) is 13.8 Å². The van der Waals surface area contributed by atoms with E-state index in [1.54, 1.807) is 0 Å². The first kappa shape index (κ1) is 13.7. The second-order valence-electron chi connectivity index (χ2n) is 2.40. The Balaban J connectivity index is 0. The lowest BCUT2D eigenvalue weighted by Crippen LogP contribution is -1.94. The third kappa shape index (κ3) is 7.25. The fourth-order valence-electron chi connectivity index (χ4n) is 0.614. The van der Waals surface area contributed by atoms with Gasteiger partial charge in [-0.3, -0.25) is 0 Å². The summed E-state index contributed by atoms with van der Waals surface area (Å²) in [5, 5.41) is 0. The van der Waals surface area contributed by atoms with Gasteiger partial charge >= 0.3 is 0 Å². The molecule has 0 spiro atoms. The highest BCUT2D eigenvalue weighted by molar-refractivity contribution is 5.13. The molecule has 0 aromatic heterocycles. The van der Waals surface area contributed by atoms with Crippen LogP contribution in [-0.2, 0) is 6.54 Å². The van der Waals surface area contributed by atoms with Crippen LogP contribution in [0, 0.1) is 0 Å². The SMILES string of the molecule is CCC.N.NCc1ccccc1. The Morgan fingerprint density at radius 3 is 1.75 bits per heavy atom. The van der Waals surface area contributed by atoms with Crippen LogP contribution in [0.15, 0.2) is 30.3 Å². The number of benzene rings is 1. The summed E-state index contributed by atoms with van der Waals surface area (Å²) in [5.74, 6) is 0. The largest absolute Gasteiger partial charge is 0.344 e. The van der Waals surface area contributed by atoms with Gasteiger partial charge in [-0.1, -0.05) is 50.6 Å². The molecule has 0 amide bonds. The molecule has 0 atom stereocenters. The molecule has 12 heavy (non-hydrogen) atoms. The fraction of sp³-hybridized carbons (Fsp3) is 0.400. The molecule has 0 saturated carbocycles. The number of hydrogen-bond acceptors (Lipinski definition) is 2. The zero-order chi connectivity index (χ0) is 8.53. The molecule has 0 bridgehead atoms. The average molecular weight is 168 g/mol. The van der Waals surface area contributed by atoms with Gasteiger partial charge in [0.1, 0.15) is 0 Å². The standard InChI is InChI=1S/C7H9N.C3H8.H3N/c8-6-7-4-2-1-3-5-7;1-3-2;/h1-5H,6,8H2;3H2,1-2H3;1H3. The van der Waals surface area contributed by atoms with Gasteiger partial charge < -0.3 is 11.9 Å². The monoisotopic (exact) mass is 168 g/mol. The topological polar surface area (TPSA) is 61.0 Å². The van der Waals surface area contributed by atoms with Crippen molar-refractivity contribution in [3.8, 4) is 0 Å². The zero-order valence-electron chi connectivity index (χ0n) is 8.09. The van der Waals surface area contributed by atoms with Crippen molar-refractivity contribution in [2.75, 3.05) is 0 Å². The second-order valence-corrected chi connectivity index (χ2v) is 2.40. The minimum atomic E-state index is 0. The van der Waals surface area contributed by atoms with E-state index < -0.39 is 0 Å².